The van der Waals surface area contributed by atoms with Crippen LogP contribution in [0.1, 0.15) is 0 Å². The SMILES string of the molecule is c1ccc(-c2c3ccccc3c(-c3ccc(-c4nc5cccc6c5n4-c4ccccc4N6c4ccccc4)cc3)c3ccccc23)cc1. The van der Waals surface area contributed by atoms with E-state index in [1.165, 1.54) is 43.8 Å². The molecular formula is C45H29N3. The van der Waals surface area contributed by atoms with Crippen LogP contribution in [0.2, 0.25) is 0 Å². The molecule has 0 atom stereocenters. The molecule has 2 heterocycles. The number of fused-ring (bicyclic) bond motifs is 4. The molecule has 0 N–H and O–H groups in total. The lowest BCUT2D eigenvalue weighted by atomic mass is 9.86. The van der Waals surface area contributed by atoms with Gasteiger partial charge in [-0.05, 0) is 80.2 Å². The van der Waals surface area contributed by atoms with E-state index in [2.05, 4.69) is 185 Å². The average Bonchev–Trinajstić information content (AvgIpc) is 3.56. The minimum Gasteiger partial charge on any atom is -0.306 e. The zero-order valence-corrected chi connectivity index (χ0v) is 26.1. The van der Waals surface area contributed by atoms with Gasteiger partial charge in [0, 0.05) is 11.3 Å². The minimum atomic E-state index is 0.943. The van der Waals surface area contributed by atoms with Crippen molar-refractivity contribution in [3.63, 3.8) is 0 Å². The number of anilines is 3. The van der Waals surface area contributed by atoms with Gasteiger partial charge >= 0.3 is 0 Å². The van der Waals surface area contributed by atoms with Crippen LogP contribution in [0.5, 0.6) is 0 Å². The lowest BCUT2D eigenvalue weighted by molar-refractivity contribution is 1.06. The number of nitrogens with zero attached hydrogens (tertiary/aromatic N) is 3. The number of rotatable bonds is 4. The highest BCUT2D eigenvalue weighted by Gasteiger charge is 2.29. The fourth-order valence-corrected chi connectivity index (χ4v) is 7.69. The predicted octanol–water partition coefficient (Wildman–Crippen LogP) is 12.1. The normalized spacial score (nSPS) is 12.1. The molecule has 0 radical (unpaired) electrons. The Hall–Kier alpha value is -6.45. The molecule has 8 aromatic carbocycles. The Bertz CT molecular complexity index is 2600. The fourth-order valence-electron chi connectivity index (χ4n) is 7.69. The van der Waals surface area contributed by atoms with E-state index < -0.39 is 0 Å². The lowest BCUT2D eigenvalue weighted by Crippen LogP contribution is -2.18. The number of benzene rings is 8. The van der Waals surface area contributed by atoms with Crippen molar-refractivity contribution < 1.29 is 0 Å². The molecule has 48 heavy (non-hydrogen) atoms. The third-order valence-corrected chi connectivity index (χ3v) is 9.70. The molecule has 3 nitrogen and oxygen atoms in total. The Kier molecular flexibility index (Phi) is 5.87. The van der Waals surface area contributed by atoms with Crippen LogP contribution in [-0.4, -0.2) is 9.55 Å². The van der Waals surface area contributed by atoms with Gasteiger partial charge in [0.1, 0.15) is 5.82 Å². The zero-order chi connectivity index (χ0) is 31.6. The van der Waals surface area contributed by atoms with Crippen LogP contribution >= 0.6 is 0 Å². The Labute approximate surface area is 278 Å². The maximum atomic E-state index is 5.27. The molecule has 0 amide bonds. The summed E-state index contributed by atoms with van der Waals surface area (Å²) in [5.41, 5.74) is 12.7. The first-order chi connectivity index (χ1) is 23.8. The smallest absolute Gasteiger partial charge is 0.145 e. The highest BCUT2D eigenvalue weighted by molar-refractivity contribution is 6.21. The summed E-state index contributed by atoms with van der Waals surface area (Å²) in [6.07, 6.45) is 0. The highest BCUT2D eigenvalue weighted by Crippen LogP contribution is 2.49. The molecule has 1 aliphatic heterocycles. The first kappa shape index (κ1) is 26.7. The van der Waals surface area contributed by atoms with Crippen LogP contribution in [0.3, 0.4) is 0 Å². The molecule has 1 aliphatic rings. The summed E-state index contributed by atoms with van der Waals surface area (Å²) in [4.78, 5) is 7.61. The fraction of sp³-hybridized carbons (Fsp3) is 0. The molecular weight excluding hydrogens is 583 g/mol. The molecule has 9 aromatic rings. The van der Waals surface area contributed by atoms with Gasteiger partial charge in [0.15, 0.2) is 0 Å². The largest absolute Gasteiger partial charge is 0.306 e. The van der Waals surface area contributed by atoms with Gasteiger partial charge in [-0.1, -0.05) is 140 Å². The first-order valence-corrected chi connectivity index (χ1v) is 16.4. The Morgan fingerprint density at radius 2 is 0.833 bits per heavy atom. The minimum absolute atomic E-state index is 0.943. The number of aromatic nitrogens is 2. The van der Waals surface area contributed by atoms with Gasteiger partial charge in [-0.3, -0.25) is 4.57 Å². The first-order valence-electron chi connectivity index (χ1n) is 16.4. The monoisotopic (exact) mass is 611 g/mol. The van der Waals surface area contributed by atoms with Gasteiger partial charge in [-0.25, -0.2) is 4.98 Å². The van der Waals surface area contributed by atoms with Gasteiger partial charge in [0.25, 0.3) is 0 Å². The molecule has 0 bridgehead atoms. The van der Waals surface area contributed by atoms with Crippen molar-refractivity contribution in [3.05, 3.63) is 176 Å². The van der Waals surface area contributed by atoms with Gasteiger partial charge in [-0.2, -0.15) is 0 Å². The van der Waals surface area contributed by atoms with Crippen molar-refractivity contribution in [3.8, 4) is 39.3 Å². The van der Waals surface area contributed by atoms with Crippen molar-refractivity contribution in [2.24, 2.45) is 0 Å². The molecule has 10 rings (SSSR count). The lowest BCUT2D eigenvalue weighted by Gasteiger charge is -2.32. The summed E-state index contributed by atoms with van der Waals surface area (Å²) in [6, 6.07) is 63.1. The number of hydrogen-bond acceptors (Lipinski definition) is 2. The highest BCUT2D eigenvalue weighted by atomic mass is 15.2. The van der Waals surface area contributed by atoms with Crippen molar-refractivity contribution in [2.75, 3.05) is 4.90 Å². The molecule has 3 heteroatoms. The molecule has 1 aromatic heterocycles. The van der Waals surface area contributed by atoms with Gasteiger partial charge < -0.3 is 4.90 Å². The summed E-state index contributed by atoms with van der Waals surface area (Å²) in [7, 11) is 0. The van der Waals surface area contributed by atoms with E-state index in [-0.39, 0.29) is 0 Å². The van der Waals surface area contributed by atoms with Crippen LogP contribution in [0.15, 0.2) is 176 Å². The standard InChI is InChI=1S/C45H29N3/c1-3-14-30(15-4-1)42-34-18-7-9-20-36(34)43(37-21-10-8-19-35(37)42)31-26-28-32(29-27-31)45-46-38-22-13-25-41-44(38)48(45)40-24-12-11-23-39(40)47(41)33-16-5-2-6-17-33/h1-29H. The molecule has 0 unspecified atom stereocenters. The van der Waals surface area contributed by atoms with E-state index >= 15 is 0 Å². The van der Waals surface area contributed by atoms with Crippen LogP contribution in [-0.2, 0) is 0 Å². The molecule has 0 aliphatic carbocycles. The summed E-state index contributed by atoms with van der Waals surface area (Å²) in [5, 5.41) is 5.03. The summed E-state index contributed by atoms with van der Waals surface area (Å²) >= 11 is 0. The topological polar surface area (TPSA) is 21.1 Å². The van der Waals surface area contributed by atoms with Crippen molar-refractivity contribution in [1.29, 1.82) is 0 Å². The Morgan fingerprint density at radius 3 is 1.46 bits per heavy atom. The van der Waals surface area contributed by atoms with E-state index in [9.17, 15) is 0 Å². The number of hydrogen-bond donors (Lipinski definition) is 0. The summed E-state index contributed by atoms with van der Waals surface area (Å²) in [6.45, 7) is 0. The van der Waals surface area contributed by atoms with E-state index in [4.69, 9.17) is 4.98 Å². The van der Waals surface area contributed by atoms with Crippen LogP contribution < -0.4 is 4.90 Å². The number of imidazole rings is 1. The van der Waals surface area contributed by atoms with Gasteiger partial charge in [0.2, 0.25) is 0 Å². The Balaban J connectivity index is 1.17. The quantitative estimate of drug-likeness (QED) is 0.185. The molecule has 0 spiro atoms. The second-order valence-corrected chi connectivity index (χ2v) is 12.4. The Morgan fingerprint density at radius 1 is 0.354 bits per heavy atom. The summed E-state index contributed by atoms with van der Waals surface area (Å²) < 4.78 is 2.34. The molecule has 224 valence electrons. The second-order valence-electron chi connectivity index (χ2n) is 12.4. The molecule has 0 fully saturated rings. The van der Waals surface area contributed by atoms with Crippen molar-refractivity contribution >= 4 is 49.6 Å². The molecule has 0 saturated carbocycles. The third kappa shape index (κ3) is 3.91. The van der Waals surface area contributed by atoms with E-state index in [1.807, 2.05) is 0 Å². The summed E-state index contributed by atoms with van der Waals surface area (Å²) in [5.74, 6) is 0.943. The zero-order valence-electron chi connectivity index (χ0n) is 26.1. The van der Waals surface area contributed by atoms with E-state index in [0.717, 1.165) is 45.2 Å². The van der Waals surface area contributed by atoms with Gasteiger partial charge in [-0.15, -0.1) is 0 Å². The van der Waals surface area contributed by atoms with Crippen molar-refractivity contribution in [2.45, 2.75) is 0 Å². The van der Waals surface area contributed by atoms with Crippen LogP contribution in [0, 0.1) is 0 Å². The third-order valence-electron chi connectivity index (χ3n) is 9.70. The van der Waals surface area contributed by atoms with Crippen LogP contribution in [0.4, 0.5) is 17.1 Å². The molecule has 0 saturated heterocycles. The number of para-hydroxylation sites is 4. The van der Waals surface area contributed by atoms with Crippen LogP contribution in [0.25, 0.3) is 71.9 Å². The maximum absolute atomic E-state index is 5.27. The predicted molar refractivity (Wildman–Crippen MR) is 201 cm³/mol. The van der Waals surface area contributed by atoms with E-state index in [1.54, 1.807) is 0 Å². The second kappa shape index (κ2) is 10.5. The average molecular weight is 612 g/mol. The maximum Gasteiger partial charge on any atom is 0.145 e. The van der Waals surface area contributed by atoms with Crippen molar-refractivity contribution in [1.82, 2.24) is 9.55 Å². The van der Waals surface area contributed by atoms with E-state index in [0.29, 0.717) is 0 Å². The van der Waals surface area contributed by atoms with Gasteiger partial charge in [0.05, 0.1) is 28.1 Å².